The maximum Gasteiger partial charge on any atom is 0.162 e. The Balaban J connectivity index is 1.77. The number of nitrogens with zero attached hydrogens (tertiary/aromatic N) is 1. The molecule has 23 heavy (non-hydrogen) atoms. The second kappa shape index (κ2) is 9.93. The van der Waals surface area contributed by atoms with Gasteiger partial charge in [0.15, 0.2) is 4.34 Å². The van der Waals surface area contributed by atoms with Crippen LogP contribution in [0.15, 0.2) is 28.6 Å². The summed E-state index contributed by atoms with van der Waals surface area (Å²) in [6.07, 6.45) is 0.715. The van der Waals surface area contributed by atoms with Crippen molar-refractivity contribution in [2.24, 2.45) is 0 Å². The zero-order valence-corrected chi connectivity index (χ0v) is 19.4. The van der Waals surface area contributed by atoms with Crippen LogP contribution < -0.4 is 0 Å². The van der Waals surface area contributed by atoms with E-state index in [1.165, 1.54) is 4.70 Å². The van der Waals surface area contributed by atoms with Gasteiger partial charge in [-0.3, -0.25) is 0 Å². The number of fused-ring (bicyclic) bond motifs is 1. The highest BCUT2D eigenvalue weighted by Gasteiger charge is 2.28. The lowest BCUT2D eigenvalue weighted by atomic mass is 10.3. The molecule has 0 aliphatic heterocycles. The lowest BCUT2D eigenvalue weighted by Gasteiger charge is -2.29. The number of methoxy groups -OCH3 is 3. The molecule has 0 bridgehead atoms. The van der Waals surface area contributed by atoms with Gasteiger partial charge < -0.3 is 14.2 Å². The van der Waals surface area contributed by atoms with Crippen LogP contribution in [0.2, 0.25) is 0 Å². The minimum Gasteiger partial charge on any atom is -0.370 e. The molecule has 2 aromatic rings. The molecule has 128 valence electrons. The smallest absolute Gasteiger partial charge is 0.162 e. The molecule has 0 fully saturated rings. The number of aromatic nitrogens is 1. The first kappa shape index (κ1) is 19.9. The number of para-hydroxylation sites is 1. The molecule has 1 aromatic heterocycles. The third-order valence-electron chi connectivity index (χ3n) is 3.22. The second-order valence-corrected chi connectivity index (χ2v) is 13.4. The van der Waals surface area contributed by atoms with Gasteiger partial charge in [0.1, 0.15) is 10.8 Å². The minimum absolute atomic E-state index is 0.0286. The molecule has 4 nitrogen and oxygen atoms in total. The first-order valence-corrected chi connectivity index (χ1v) is 13.4. The van der Waals surface area contributed by atoms with Crippen LogP contribution in [0, 0.1) is 0 Å². The maximum absolute atomic E-state index is 5.52. The average molecular weight is 426 g/mol. The summed E-state index contributed by atoms with van der Waals surface area (Å²) in [5.41, 5.74) is 0.605. The monoisotopic (exact) mass is 425 g/mol. The molecule has 1 atom stereocenters. The summed E-state index contributed by atoms with van der Waals surface area (Å²) in [7, 11) is 12.6. The third kappa shape index (κ3) is 6.12. The number of hydrogen-bond acceptors (Lipinski definition) is 9. The molecule has 1 aromatic carbocycles. The highest BCUT2D eigenvalue weighted by molar-refractivity contribution is 9.26. The summed E-state index contributed by atoms with van der Waals surface area (Å²) >= 11 is 1.72. The minimum atomic E-state index is -0.487. The summed E-state index contributed by atoms with van der Waals surface area (Å²) in [5, 5.41) is 0. The van der Waals surface area contributed by atoms with Gasteiger partial charge in [-0.15, -0.1) is 11.3 Å². The van der Waals surface area contributed by atoms with Crippen molar-refractivity contribution in [2.45, 2.75) is 21.6 Å². The van der Waals surface area contributed by atoms with E-state index in [9.17, 15) is 0 Å². The molecule has 0 aliphatic rings. The van der Waals surface area contributed by atoms with Crippen molar-refractivity contribution >= 4 is 73.0 Å². The van der Waals surface area contributed by atoms with Gasteiger partial charge in [-0.25, -0.2) is 4.98 Å². The van der Waals surface area contributed by atoms with E-state index in [-0.39, 0.29) is 5.44 Å². The van der Waals surface area contributed by atoms with Crippen LogP contribution in [0.3, 0.4) is 0 Å². The molecule has 0 amide bonds. The molecular formula is C13H19NO3S5Si. The van der Waals surface area contributed by atoms with Gasteiger partial charge in [-0.1, -0.05) is 12.1 Å². The maximum atomic E-state index is 5.52. The molecule has 1 heterocycles. The van der Waals surface area contributed by atoms with E-state index in [1.54, 1.807) is 73.9 Å². The fourth-order valence-corrected chi connectivity index (χ4v) is 9.95. The molecule has 0 spiro atoms. The van der Waals surface area contributed by atoms with Gasteiger partial charge in [-0.05, 0) is 53.4 Å². The van der Waals surface area contributed by atoms with Crippen LogP contribution in [0.5, 0.6) is 0 Å². The summed E-state index contributed by atoms with van der Waals surface area (Å²) in [6, 6.07) is 8.21. The summed E-state index contributed by atoms with van der Waals surface area (Å²) in [6.45, 7) is 0. The van der Waals surface area contributed by atoms with E-state index in [1.807, 2.05) is 18.2 Å². The predicted octanol–water partition coefficient (Wildman–Crippen LogP) is 4.01. The Morgan fingerprint density at radius 2 is 1.96 bits per heavy atom. The Hall–Kier alpha value is 0.607. The Morgan fingerprint density at radius 3 is 2.61 bits per heavy atom. The second-order valence-electron chi connectivity index (χ2n) is 4.67. The van der Waals surface area contributed by atoms with Crippen molar-refractivity contribution in [3.63, 3.8) is 0 Å². The zero-order chi connectivity index (χ0) is 16.7. The molecule has 0 saturated carbocycles. The highest BCUT2D eigenvalue weighted by Crippen LogP contribution is 2.50. The van der Waals surface area contributed by atoms with Crippen LogP contribution in [0.4, 0.5) is 0 Å². The van der Waals surface area contributed by atoms with Gasteiger partial charge in [-0.2, -0.15) is 0 Å². The molecule has 1 unspecified atom stereocenters. The Morgan fingerprint density at radius 1 is 1.22 bits per heavy atom. The summed E-state index contributed by atoms with van der Waals surface area (Å²) in [4.78, 5) is 4.61. The van der Waals surface area contributed by atoms with Crippen LogP contribution in [0.25, 0.3) is 10.2 Å². The van der Waals surface area contributed by atoms with E-state index < -0.39 is 5.41 Å². The molecule has 0 N–H and O–H groups in total. The molecule has 0 radical (unpaired) electrons. The van der Waals surface area contributed by atoms with Gasteiger partial charge in [0.25, 0.3) is 0 Å². The Labute approximate surface area is 158 Å². The zero-order valence-electron chi connectivity index (χ0n) is 13.3. The van der Waals surface area contributed by atoms with Crippen molar-refractivity contribution in [3.05, 3.63) is 24.3 Å². The molecule has 2 rings (SSSR count). The van der Waals surface area contributed by atoms with Crippen molar-refractivity contribution in [1.82, 2.24) is 4.98 Å². The summed E-state index contributed by atoms with van der Waals surface area (Å²) < 4.78 is 18.7. The SMILES string of the molecule is COC(CC([SiH3])(OC)OC)SSSSc1nc2ccccc2s1. The Kier molecular flexibility index (Phi) is 8.60. The van der Waals surface area contributed by atoms with Crippen LogP contribution in [0.1, 0.15) is 6.42 Å². The fraction of sp³-hybridized carbons (Fsp3) is 0.462. The van der Waals surface area contributed by atoms with Crippen LogP contribution >= 0.6 is 52.6 Å². The quantitative estimate of drug-likeness (QED) is 0.245. The van der Waals surface area contributed by atoms with E-state index >= 15 is 0 Å². The highest BCUT2D eigenvalue weighted by atomic mass is 33.7. The van der Waals surface area contributed by atoms with E-state index in [0.717, 1.165) is 20.1 Å². The van der Waals surface area contributed by atoms with Crippen molar-refractivity contribution in [3.8, 4) is 0 Å². The normalized spacial score (nSPS) is 13.7. The van der Waals surface area contributed by atoms with E-state index in [0.29, 0.717) is 6.42 Å². The number of thiazole rings is 1. The number of benzene rings is 1. The summed E-state index contributed by atoms with van der Waals surface area (Å²) in [5.74, 6) is 0. The lowest BCUT2D eigenvalue weighted by Crippen LogP contribution is -2.37. The van der Waals surface area contributed by atoms with Gasteiger partial charge in [0.05, 0.1) is 20.5 Å². The molecule has 0 saturated heterocycles. The molecule has 0 aliphatic carbocycles. The van der Waals surface area contributed by atoms with Gasteiger partial charge in [0, 0.05) is 27.8 Å². The van der Waals surface area contributed by atoms with Crippen molar-refractivity contribution in [1.29, 1.82) is 0 Å². The number of rotatable bonds is 10. The standard InChI is InChI=1S/C13H19NO3S5Si/c1-15-11(8-13(23,16-2)17-3)19-21-22-20-12-14-9-6-4-5-7-10(9)18-12/h4-7,11H,8H2,1-3,23H3. The van der Waals surface area contributed by atoms with Gasteiger partial charge in [0.2, 0.25) is 0 Å². The fourth-order valence-electron chi connectivity index (χ4n) is 1.70. The van der Waals surface area contributed by atoms with Crippen LogP contribution in [-0.2, 0) is 14.2 Å². The van der Waals surface area contributed by atoms with Gasteiger partial charge >= 0.3 is 0 Å². The number of ether oxygens (including phenoxy) is 3. The lowest BCUT2D eigenvalue weighted by molar-refractivity contribution is -0.155. The van der Waals surface area contributed by atoms with Crippen molar-refractivity contribution < 1.29 is 14.2 Å². The molecular weight excluding hydrogens is 407 g/mol. The van der Waals surface area contributed by atoms with E-state index in [2.05, 4.69) is 11.1 Å². The van der Waals surface area contributed by atoms with E-state index in [4.69, 9.17) is 14.2 Å². The average Bonchev–Trinajstić information content (AvgIpc) is 3.00. The topological polar surface area (TPSA) is 40.6 Å². The third-order valence-corrected chi connectivity index (χ3v) is 12.1. The van der Waals surface area contributed by atoms with Crippen LogP contribution in [-0.4, -0.2) is 47.4 Å². The largest absolute Gasteiger partial charge is 0.370 e. The predicted molar refractivity (Wildman–Crippen MR) is 110 cm³/mol. The Bertz CT molecular complexity index is 577. The number of hydrogen-bond donors (Lipinski definition) is 0. The molecule has 10 heteroatoms. The first-order valence-electron chi connectivity index (χ1n) is 6.75. The van der Waals surface area contributed by atoms with Crippen molar-refractivity contribution in [2.75, 3.05) is 21.3 Å². The first-order chi connectivity index (χ1) is 11.1.